The molecule has 3 nitrogen and oxygen atoms in total. The fourth-order valence-corrected chi connectivity index (χ4v) is 13.0. The van der Waals surface area contributed by atoms with E-state index in [-0.39, 0.29) is 0 Å². The lowest BCUT2D eigenvalue weighted by molar-refractivity contribution is 0.672. The molecule has 0 N–H and O–H groups in total. The number of furan rings is 1. The molecule has 2 aliphatic rings. The van der Waals surface area contributed by atoms with E-state index < -0.39 is 5.41 Å². The number of hydrogen-bond acceptors (Lipinski definition) is 2. The minimum Gasteiger partial charge on any atom is -0.455 e. The standard InChI is InChI=1S/C71H44N2O/c1-2-20-54-46(15-1)33-38-61-62-43-49(34-40-69(62)74-70(54)61)48-17-14-18-51(42-48)72(50-35-31-45(32-36-50)47-16-13-19-52(41-47)73-67-29-11-6-24-59(67)60-25-7-12-30-68(60)73)53-37-39-58-57-23-5-10-28-65(57)71(66(58)44-53)63-26-8-3-21-55(63)56-22-4-9-27-64(56)71/h1-44H. The number of fused-ring (bicyclic) bond motifs is 18. The Balaban J connectivity index is 0.864. The fourth-order valence-electron chi connectivity index (χ4n) is 13.0. The van der Waals surface area contributed by atoms with Crippen LogP contribution in [0.5, 0.6) is 0 Å². The zero-order valence-corrected chi connectivity index (χ0v) is 40.2. The first-order valence-electron chi connectivity index (χ1n) is 25.6. The van der Waals surface area contributed by atoms with Gasteiger partial charge >= 0.3 is 0 Å². The lowest BCUT2D eigenvalue weighted by Crippen LogP contribution is -2.26. The third-order valence-corrected chi connectivity index (χ3v) is 16.2. The number of para-hydroxylation sites is 2. The summed E-state index contributed by atoms with van der Waals surface area (Å²) < 4.78 is 8.96. The maximum Gasteiger partial charge on any atom is 0.143 e. The molecule has 0 radical (unpaired) electrons. The van der Waals surface area contributed by atoms with Gasteiger partial charge < -0.3 is 13.9 Å². The van der Waals surface area contributed by atoms with Gasteiger partial charge in [-0.3, -0.25) is 0 Å². The van der Waals surface area contributed by atoms with Crippen LogP contribution in [0.15, 0.2) is 271 Å². The summed E-state index contributed by atoms with van der Waals surface area (Å²) in [5, 5.41) is 7.07. The van der Waals surface area contributed by atoms with Gasteiger partial charge in [0.05, 0.1) is 16.4 Å². The van der Waals surface area contributed by atoms with E-state index in [1.54, 1.807) is 0 Å². The summed E-state index contributed by atoms with van der Waals surface area (Å²) in [7, 11) is 0. The Kier molecular flexibility index (Phi) is 8.66. The van der Waals surface area contributed by atoms with Crippen molar-refractivity contribution in [2.24, 2.45) is 0 Å². The van der Waals surface area contributed by atoms with Crippen molar-refractivity contribution in [3.05, 3.63) is 289 Å². The van der Waals surface area contributed by atoms with Crippen LogP contribution in [0.3, 0.4) is 0 Å². The molecule has 0 saturated carbocycles. The maximum absolute atomic E-state index is 6.57. The highest BCUT2D eigenvalue weighted by molar-refractivity contribution is 6.16. The van der Waals surface area contributed by atoms with Crippen molar-refractivity contribution in [2.45, 2.75) is 5.41 Å². The van der Waals surface area contributed by atoms with Crippen molar-refractivity contribution in [2.75, 3.05) is 4.90 Å². The monoisotopic (exact) mass is 940 g/mol. The third-order valence-electron chi connectivity index (χ3n) is 16.2. The number of nitrogens with zero attached hydrogens (tertiary/aromatic N) is 2. The van der Waals surface area contributed by atoms with Gasteiger partial charge in [0.15, 0.2) is 0 Å². The highest BCUT2D eigenvalue weighted by Crippen LogP contribution is 2.63. The lowest BCUT2D eigenvalue weighted by Gasteiger charge is -2.32. The van der Waals surface area contributed by atoms with E-state index >= 15 is 0 Å². The first kappa shape index (κ1) is 41.0. The van der Waals surface area contributed by atoms with Gasteiger partial charge in [0.25, 0.3) is 0 Å². The van der Waals surface area contributed by atoms with E-state index in [0.29, 0.717) is 0 Å². The zero-order valence-electron chi connectivity index (χ0n) is 40.2. The summed E-state index contributed by atoms with van der Waals surface area (Å²) in [4.78, 5) is 2.45. The smallest absolute Gasteiger partial charge is 0.143 e. The van der Waals surface area contributed by atoms with Crippen LogP contribution < -0.4 is 4.90 Å². The highest BCUT2D eigenvalue weighted by Gasteiger charge is 2.51. The molecule has 0 fully saturated rings. The van der Waals surface area contributed by atoms with E-state index in [4.69, 9.17) is 4.42 Å². The highest BCUT2D eigenvalue weighted by atomic mass is 16.3. The van der Waals surface area contributed by atoms with Crippen LogP contribution >= 0.6 is 0 Å². The van der Waals surface area contributed by atoms with Gasteiger partial charge in [0.2, 0.25) is 0 Å². The lowest BCUT2D eigenvalue weighted by atomic mass is 9.70. The molecule has 0 aliphatic heterocycles. The van der Waals surface area contributed by atoms with E-state index in [0.717, 1.165) is 72.3 Å². The number of benzene rings is 12. The second-order valence-corrected chi connectivity index (χ2v) is 19.9. The second kappa shape index (κ2) is 15.6. The molecular formula is C71H44N2O. The van der Waals surface area contributed by atoms with Crippen molar-refractivity contribution >= 4 is 71.6 Å². The van der Waals surface area contributed by atoms with Crippen LogP contribution in [0.2, 0.25) is 0 Å². The van der Waals surface area contributed by atoms with E-state index in [9.17, 15) is 0 Å². The molecular weight excluding hydrogens is 897 g/mol. The summed E-state index contributed by atoms with van der Waals surface area (Å²) in [6.07, 6.45) is 0. The second-order valence-electron chi connectivity index (χ2n) is 19.9. The Morgan fingerprint density at radius 2 is 0.851 bits per heavy atom. The Labute approximate surface area is 428 Å². The van der Waals surface area contributed by atoms with E-state index in [1.165, 1.54) is 71.7 Å². The molecule has 2 aromatic heterocycles. The van der Waals surface area contributed by atoms with Crippen molar-refractivity contribution < 1.29 is 4.42 Å². The fraction of sp³-hybridized carbons (Fsp3) is 0.0141. The SMILES string of the molecule is c1cc(-c2ccc3oc4c5ccccc5ccc4c3c2)cc(N(c2ccc(-c3cccc(-n4c5ccccc5c5ccccc54)c3)cc2)c2ccc3c(c2)C2(c4ccccc4-c4ccccc42)c2ccccc2-3)c1. The van der Waals surface area contributed by atoms with Crippen molar-refractivity contribution in [3.63, 3.8) is 0 Å². The van der Waals surface area contributed by atoms with Crippen LogP contribution in [-0.2, 0) is 5.41 Å². The van der Waals surface area contributed by atoms with Crippen LogP contribution in [0.4, 0.5) is 17.1 Å². The van der Waals surface area contributed by atoms with Gasteiger partial charge in [-0.2, -0.15) is 0 Å². The minimum absolute atomic E-state index is 0.470. The molecule has 74 heavy (non-hydrogen) atoms. The summed E-state index contributed by atoms with van der Waals surface area (Å²) in [5.41, 5.74) is 23.2. The molecule has 344 valence electrons. The Morgan fingerprint density at radius 1 is 0.311 bits per heavy atom. The number of hydrogen-bond donors (Lipinski definition) is 0. The molecule has 12 aromatic carbocycles. The molecule has 0 amide bonds. The summed E-state index contributed by atoms with van der Waals surface area (Å²) in [5.74, 6) is 0. The van der Waals surface area contributed by atoms with Crippen molar-refractivity contribution in [1.29, 1.82) is 0 Å². The van der Waals surface area contributed by atoms with Crippen molar-refractivity contribution in [3.8, 4) is 50.2 Å². The third kappa shape index (κ3) is 5.78. The van der Waals surface area contributed by atoms with Gasteiger partial charge in [-0.1, -0.05) is 188 Å². The molecule has 0 saturated heterocycles. The van der Waals surface area contributed by atoms with Gasteiger partial charge in [0.1, 0.15) is 11.2 Å². The number of aromatic nitrogens is 1. The molecule has 0 atom stereocenters. The van der Waals surface area contributed by atoms with Crippen LogP contribution in [0.1, 0.15) is 22.3 Å². The van der Waals surface area contributed by atoms with E-state index in [2.05, 4.69) is 276 Å². The first-order valence-corrected chi connectivity index (χ1v) is 25.6. The summed E-state index contributed by atoms with van der Waals surface area (Å²) in [6, 6.07) is 98.4. The average molecular weight is 941 g/mol. The summed E-state index contributed by atoms with van der Waals surface area (Å²) >= 11 is 0. The Hall–Kier alpha value is -9.70. The molecule has 0 bridgehead atoms. The van der Waals surface area contributed by atoms with Crippen LogP contribution in [0.25, 0.3) is 105 Å². The molecule has 2 heterocycles. The number of anilines is 3. The average Bonchev–Trinajstić information content (AvgIpc) is 4.24. The minimum atomic E-state index is -0.470. The Morgan fingerprint density at radius 3 is 1.55 bits per heavy atom. The van der Waals surface area contributed by atoms with Crippen LogP contribution in [0, 0.1) is 0 Å². The normalized spacial score (nSPS) is 13.0. The van der Waals surface area contributed by atoms with Gasteiger partial charge in [-0.15, -0.1) is 0 Å². The van der Waals surface area contributed by atoms with E-state index in [1.807, 2.05) is 0 Å². The molecule has 1 spiro atoms. The van der Waals surface area contributed by atoms with Gasteiger partial charge in [-0.25, -0.2) is 0 Å². The quantitative estimate of drug-likeness (QED) is 0.166. The van der Waals surface area contributed by atoms with Gasteiger partial charge in [-0.05, 0) is 151 Å². The van der Waals surface area contributed by atoms with Crippen molar-refractivity contribution in [1.82, 2.24) is 4.57 Å². The van der Waals surface area contributed by atoms with Crippen LogP contribution in [-0.4, -0.2) is 4.57 Å². The molecule has 2 aliphatic carbocycles. The molecule has 14 aromatic rings. The number of rotatable bonds is 6. The molecule has 16 rings (SSSR count). The first-order chi connectivity index (χ1) is 36.7. The zero-order chi connectivity index (χ0) is 48.5. The topological polar surface area (TPSA) is 21.3 Å². The molecule has 3 heteroatoms. The van der Waals surface area contributed by atoms with Gasteiger partial charge in [0, 0.05) is 49.7 Å². The Bertz CT molecular complexity index is 4510. The predicted octanol–water partition coefficient (Wildman–Crippen LogP) is 19.0. The molecule has 0 unspecified atom stereocenters. The summed E-state index contributed by atoms with van der Waals surface area (Å²) in [6.45, 7) is 0. The largest absolute Gasteiger partial charge is 0.455 e. The maximum atomic E-state index is 6.57. The predicted molar refractivity (Wildman–Crippen MR) is 307 cm³/mol.